The number of fused-ring (bicyclic) bond motifs is 2. The molecule has 0 radical (unpaired) electrons. The first-order valence-electron chi connectivity index (χ1n) is 5.98. The summed E-state index contributed by atoms with van der Waals surface area (Å²) in [4.78, 5) is 24.9. The molecule has 2 aromatic rings. The fourth-order valence-corrected chi connectivity index (χ4v) is 2.47. The van der Waals surface area contributed by atoms with Crippen LogP contribution in [-0.4, -0.2) is 11.6 Å². The number of rotatable bonds is 1. The number of hydrogen-bond donors (Lipinski definition) is 0. The van der Waals surface area contributed by atoms with Gasteiger partial charge in [-0.25, -0.2) is 0 Å². The first-order chi connectivity index (χ1) is 9.24. The zero-order valence-electron chi connectivity index (χ0n) is 10.1. The van der Waals surface area contributed by atoms with Crippen molar-refractivity contribution in [2.75, 3.05) is 0 Å². The lowest BCUT2D eigenvalue weighted by Crippen LogP contribution is -2.22. The van der Waals surface area contributed by atoms with Gasteiger partial charge in [0.05, 0.1) is 0 Å². The van der Waals surface area contributed by atoms with E-state index < -0.39 is 0 Å². The second kappa shape index (κ2) is 4.22. The van der Waals surface area contributed by atoms with E-state index >= 15 is 0 Å². The van der Waals surface area contributed by atoms with Crippen molar-refractivity contribution in [1.29, 1.82) is 0 Å². The highest BCUT2D eigenvalue weighted by Gasteiger charge is 2.30. The summed E-state index contributed by atoms with van der Waals surface area (Å²) in [7, 11) is 0. The van der Waals surface area contributed by atoms with Crippen molar-refractivity contribution in [2.45, 2.75) is 6.42 Å². The van der Waals surface area contributed by atoms with Crippen LogP contribution < -0.4 is 0 Å². The summed E-state index contributed by atoms with van der Waals surface area (Å²) >= 11 is 0. The van der Waals surface area contributed by atoms with Crippen LogP contribution in [0.4, 0.5) is 0 Å². The first-order valence-corrected chi connectivity index (χ1v) is 5.98. The Hall–Kier alpha value is -2.66. The fourth-order valence-electron chi connectivity index (χ4n) is 2.47. The van der Waals surface area contributed by atoms with Gasteiger partial charge in [0.15, 0.2) is 11.6 Å². The van der Waals surface area contributed by atoms with E-state index in [-0.39, 0.29) is 11.6 Å². The summed E-state index contributed by atoms with van der Waals surface area (Å²) in [6.07, 6.45) is 5.67. The third kappa shape index (κ3) is 1.60. The van der Waals surface area contributed by atoms with Crippen molar-refractivity contribution in [3.05, 3.63) is 70.3 Å². The zero-order valence-corrected chi connectivity index (χ0v) is 10.1. The van der Waals surface area contributed by atoms with Crippen LogP contribution in [-0.2, 0) is 6.42 Å². The van der Waals surface area contributed by atoms with E-state index in [1.165, 1.54) is 0 Å². The topological polar surface area (TPSA) is 34.1 Å². The maximum atomic E-state index is 12.5. The molecule has 0 heterocycles. The second-order valence-electron chi connectivity index (χ2n) is 4.42. The van der Waals surface area contributed by atoms with Crippen molar-refractivity contribution < 1.29 is 9.59 Å². The molecule has 0 spiro atoms. The number of carbonyl (C=O) groups is 2. The normalized spacial score (nSPS) is 12.6. The molecule has 0 unspecified atom stereocenters. The number of hydrogen-bond acceptors (Lipinski definition) is 2. The van der Waals surface area contributed by atoms with Crippen molar-refractivity contribution in [3.63, 3.8) is 0 Å². The second-order valence-corrected chi connectivity index (χ2v) is 4.42. The van der Waals surface area contributed by atoms with E-state index in [4.69, 9.17) is 6.42 Å². The van der Waals surface area contributed by atoms with Crippen LogP contribution in [0.1, 0.15) is 37.4 Å². The Morgan fingerprint density at radius 1 is 0.842 bits per heavy atom. The van der Waals surface area contributed by atoms with Crippen LogP contribution in [0, 0.1) is 12.3 Å². The average Bonchev–Trinajstić information content (AvgIpc) is 2.45. The van der Waals surface area contributed by atoms with Crippen molar-refractivity contribution in [2.24, 2.45) is 0 Å². The first kappa shape index (κ1) is 11.4. The molecule has 2 nitrogen and oxygen atoms in total. The molecule has 0 N–H and O–H groups in total. The zero-order chi connectivity index (χ0) is 13.4. The summed E-state index contributed by atoms with van der Waals surface area (Å²) < 4.78 is 0. The van der Waals surface area contributed by atoms with Gasteiger partial charge in [-0.1, -0.05) is 42.5 Å². The molecule has 0 fully saturated rings. The molecule has 3 rings (SSSR count). The van der Waals surface area contributed by atoms with Gasteiger partial charge in [-0.05, 0) is 5.56 Å². The molecule has 2 aromatic carbocycles. The van der Waals surface area contributed by atoms with E-state index in [1.54, 1.807) is 42.5 Å². The van der Waals surface area contributed by atoms with Gasteiger partial charge < -0.3 is 0 Å². The Labute approximate surface area is 111 Å². The molecular weight excluding hydrogens is 236 g/mol. The quantitative estimate of drug-likeness (QED) is 0.618. The Balaban J connectivity index is 2.30. The van der Waals surface area contributed by atoms with Gasteiger partial charge in [-0.3, -0.25) is 9.59 Å². The smallest absolute Gasteiger partial charge is 0.194 e. The molecule has 0 aliphatic heterocycles. The predicted molar refractivity (Wildman–Crippen MR) is 72.3 cm³/mol. The molecule has 2 heteroatoms. The molecule has 0 bridgehead atoms. The molecular formula is C17H10O2. The van der Waals surface area contributed by atoms with E-state index in [2.05, 4.69) is 5.92 Å². The third-order valence-corrected chi connectivity index (χ3v) is 3.33. The average molecular weight is 246 g/mol. The lowest BCUT2D eigenvalue weighted by molar-refractivity contribution is 0.0978. The van der Waals surface area contributed by atoms with Gasteiger partial charge in [0.2, 0.25) is 0 Å². The Kier molecular flexibility index (Phi) is 2.54. The van der Waals surface area contributed by atoms with Crippen molar-refractivity contribution >= 4 is 11.6 Å². The minimum Gasteiger partial charge on any atom is -0.289 e. The Morgan fingerprint density at radius 3 is 2.16 bits per heavy atom. The van der Waals surface area contributed by atoms with Gasteiger partial charge >= 0.3 is 0 Å². The standard InChI is InChI=1S/C17H10O2/c1-2-6-11-7-5-10-14-15(11)17(19)13-9-4-3-8-12(13)16(14)18/h1,3-5,7-10H,6H2. The van der Waals surface area contributed by atoms with Crippen LogP contribution in [0.25, 0.3) is 0 Å². The monoisotopic (exact) mass is 246 g/mol. The van der Waals surface area contributed by atoms with Gasteiger partial charge in [0.25, 0.3) is 0 Å². The van der Waals surface area contributed by atoms with Crippen LogP contribution in [0.15, 0.2) is 42.5 Å². The summed E-state index contributed by atoms with van der Waals surface area (Å²) in [5, 5.41) is 0. The molecule has 0 saturated heterocycles. The van der Waals surface area contributed by atoms with Crippen molar-refractivity contribution in [3.8, 4) is 12.3 Å². The van der Waals surface area contributed by atoms with Gasteiger partial charge in [0.1, 0.15) is 0 Å². The highest BCUT2D eigenvalue weighted by Crippen LogP contribution is 2.29. The molecule has 0 atom stereocenters. The largest absolute Gasteiger partial charge is 0.289 e. The number of ketones is 2. The summed E-state index contributed by atoms with van der Waals surface area (Å²) in [6.45, 7) is 0. The summed E-state index contributed by atoms with van der Waals surface area (Å²) in [6, 6.07) is 12.2. The van der Waals surface area contributed by atoms with Crippen LogP contribution in [0.3, 0.4) is 0 Å². The van der Waals surface area contributed by atoms with Crippen LogP contribution in [0.5, 0.6) is 0 Å². The van der Waals surface area contributed by atoms with E-state index in [9.17, 15) is 9.59 Å². The maximum absolute atomic E-state index is 12.5. The maximum Gasteiger partial charge on any atom is 0.194 e. The van der Waals surface area contributed by atoms with E-state index in [0.29, 0.717) is 28.7 Å². The molecule has 0 saturated carbocycles. The summed E-state index contributed by atoms with van der Waals surface area (Å²) in [5.74, 6) is 2.31. The third-order valence-electron chi connectivity index (χ3n) is 3.33. The fraction of sp³-hybridized carbons (Fsp3) is 0.0588. The van der Waals surface area contributed by atoms with Crippen molar-refractivity contribution in [1.82, 2.24) is 0 Å². The lowest BCUT2D eigenvalue weighted by atomic mass is 9.81. The number of benzene rings is 2. The molecule has 0 amide bonds. The Morgan fingerprint density at radius 2 is 1.47 bits per heavy atom. The highest BCUT2D eigenvalue weighted by atomic mass is 16.1. The molecule has 90 valence electrons. The molecule has 0 aromatic heterocycles. The molecule has 1 aliphatic rings. The Bertz CT molecular complexity index is 748. The lowest BCUT2D eigenvalue weighted by Gasteiger charge is -2.19. The van der Waals surface area contributed by atoms with Gasteiger partial charge in [-0.15, -0.1) is 12.3 Å². The SMILES string of the molecule is C#CCc1cccc2c1C(=O)c1ccccc1C2=O. The van der Waals surface area contributed by atoms with E-state index in [1.807, 2.05) is 0 Å². The van der Waals surface area contributed by atoms with Gasteiger partial charge in [0, 0.05) is 28.7 Å². The van der Waals surface area contributed by atoms with Gasteiger partial charge in [-0.2, -0.15) is 0 Å². The number of terminal acetylenes is 1. The van der Waals surface area contributed by atoms with Crippen LogP contribution >= 0.6 is 0 Å². The molecule has 1 aliphatic carbocycles. The molecule has 19 heavy (non-hydrogen) atoms. The minimum atomic E-state index is -0.115. The summed E-state index contributed by atoms with van der Waals surface area (Å²) in [5.41, 5.74) is 2.59. The highest BCUT2D eigenvalue weighted by molar-refractivity contribution is 6.28. The van der Waals surface area contributed by atoms with E-state index in [0.717, 1.165) is 5.56 Å². The minimum absolute atomic E-state index is 0.107. The van der Waals surface area contributed by atoms with Crippen LogP contribution in [0.2, 0.25) is 0 Å². The predicted octanol–water partition coefficient (Wildman–Crippen LogP) is 2.64. The number of carbonyl (C=O) groups excluding carboxylic acids is 2.